The van der Waals surface area contributed by atoms with Crippen LogP contribution >= 0.6 is 0 Å². The van der Waals surface area contributed by atoms with Gasteiger partial charge >= 0.3 is 0 Å². The predicted molar refractivity (Wildman–Crippen MR) is 121 cm³/mol. The second kappa shape index (κ2) is 10.7. The number of carbonyl (C=O) groups excluding carboxylic acids is 2. The van der Waals surface area contributed by atoms with Crippen LogP contribution in [0.5, 0.6) is 0 Å². The van der Waals surface area contributed by atoms with Crippen molar-refractivity contribution >= 4 is 17.5 Å². The standard InChI is InChI=1S/C24H30N4O3/c1-17-9-7-8-12-19(17)20-16-22(31-27-20)24(30)26-21(15-18-10-5-4-6-11-18)23(29)25-13-14-28(2)3/h4-12,21-22H,13-16H2,1-3H3,(H,25,29)(H,26,30)/t21-,22-/m0/s1. The Hall–Kier alpha value is -3.19. The van der Waals surface area contributed by atoms with Crippen LogP contribution in [-0.2, 0) is 20.8 Å². The lowest BCUT2D eigenvalue weighted by Gasteiger charge is -2.20. The summed E-state index contributed by atoms with van der Waals surface area (Å²) in [5.74, 6) is -0.548. The summed E-state index contributed by atoms with van der Waals surface area (Å²) >= 11 is 0. The number of amides is 2. The summed E-state index contributed by atoms with van der Waals surface area (Å²) in [4.78, 5) is 33.1. The maximum absolute atomic E-state index is 12.9. The lowest BCUT2D eigenvalue weighted by molar-refractivity contribution is -0.135. The third-order valence-electron chi connectivity index (χ3n) is 5.19. The lowest BCUT2D eigenvalue weighted by atomic mass is 9.99. The van der Waals surface area contributed by atoms with E-state index in [0.717, 1.165) is 28.9 Å². The first-order valence-corrected chi connectivity index (χ1v) is 10.5. The molecule has 1 aliphatic heterocycles. The molecule has 0 aliphatic carbocycles. The van der Waals surface area contributed by atoms with Gasteiger partial charge in [-0.25, -0.2) is 0 Å². The van der Waals surface area contributed by atoms with Crippen molar-refractivity contribution in [3.63, 3.8) is 0 Å². The fourth-order valence-corrected chi connectivity index (χ4v) is 3.42. The van der Waals surface area contributed by atoms with Gasteiger partial charge in [0, 0.05) is 31.5 Å². The molecular formula is C24H30N4O3. The van der Waals surface area contributed by atoms with Crippen molar-refractivity contribution in [2.24, 2.45) is 5.16 Å². The highest BCUT2D eigenvalue weighted by atomic mass is 16.6. The van der Waals surface area contributed by atoms with Crippen molar-refractivity contribution < 1.29 is 14.4 Å². The molecule has 0 aromatic heterocycles. The maximum Gasteiger partial charge on any atom is 0.265 e. The molecule has 0 fully saturated rings. The molecule has 0 bridgehead atoms. The fourth-order valence-electron chi connectivity index (χ4n) is 3.42. The minimum absolute atomic E-state index is 0.211. The normalized spacial score (nSPS) is 16.4. The average Bonchev–Trinajstić information content (AvgIpc) is 3.24. The second-order valence-corrected chi connectivity index (χ2v) is 8.00. The molecule has 2 atom stereocenters. The zero-order valence-corrected chi connectivity index (χ0v) is 18.3. The predicted octanol–water partition coefficient (Wildman–Crippen LogP) is 1.89. The Labute approximate surface area is 183 Å². The largest absolute Gasteiger partial charge is 0.382 e. The number of benzene rings is 2. The first kappa shape index (κ1) is 22.5. The molecule has 2 N–H and O–H groups in total. The number of rotatable bonds is 9. The zero-order chi connectivity index (χ0) is 22.2. The summed E-state index contributed by atoms with van der Waals surface area (Å²) < 4.78 is 0. The minimum atomic E-state index is -0.748. The van der Waals surface area contributed by atoms with Crippen molar-refractivity contribution in [2.75, 3.05) is 27.2 Å². The summed E-state index contributed by atoms with van der Waals surface area (Å²) in [7, 11) is 3.89. The van der Waals surface area contributed by atoms with E-state index in [1.54, 1.807) is 0 Å². The molecule has 0 saturated heterocycles. The lowest BCUT2D eigenvalue weighted by Crippen LogP contribution is -2.51. The van der Waals surface area contributed by atoms with E-state index in [9.17, 15) is 9.59 Å². The van der Waals surface area contributed by atoms with Crippen LogP contribution in [0.4, 0.5) is 0 Å². The van der Waals surface area contributed by atoms with Crippen LogP contribution < -0.4 is 10.6 Å². The highest BCUT2D eigenvalue weighted by Crippen LogP contribution is 2.19. The van der Waals surface area contributed by atoms with Gasteiger partial charge in [0.05, 0.1) is 5.71 Å². The third kappa shape index (κ3) is 6.39. The smallest absolute Gasteiger partial charge is 0.265 e. The molecule has 7 heteroatoms. The Morgan fingerprint density at radius 3 is 2.55 bits per heavy atom. The zero-order valence-electron chi connectivity index (χ0n) is 18.3. The summed E-state index contributed by atoms with van der Waals surface area (Å²) in [6.07, 6.45) is 0.0257. The van der Waals surface area contributed by atoms with Gasteiger partial charge < -0.3 is 20.4 Å². The van der Waals surface area contributed by atoms with E-state index in [0.29, 0.717) is 19.4 Å². The van der Waals surface area contributed by atoms with Crippen LogP contribution in [0.1, 0.15) is 23.1 Å². The highest BCUT2D eigenvalue weighted by Gasteiger charge is 2.32. The highest BCUT2D eigenvalue weighted by molar-refractivity contribution is 6.05. The molecule has 0 spiro atoms. The van der Waals surface area contributed by atoms with E-state index in [-0.39, 0.29) is 11.8 Å². The number of oxime groups is 1. The topological polar surface area (TPSA) is 83.0 Å². The van der Waals surface area contributed by atoms with Gasteiger partial charge in [0.2, 0.25) is 12.0 Å². The van der Waals surface area contributed by atoms with Crippen molar-refractivity contribution in [3.05, 3.63) is 71.3 Å². The molecule has 1 heterocycles. The van der Waals surface area contributed by atoms with Gasteiger partial charge in [-0.3, -0.25) is 9.59 Å². The number of aryl methyl sites for hydroxylation is 1. The molecule has 2 aromatic rings. The van der Waals surface area contributed by atoms with Gasteiger partial charge in [-0.05, 0) is 32.1 Å². The van der Waals surface area contributed by atoms with Crippen LogP contribution in [0.2, 0.25) is 0 Å². The summed E-state index contributed by atoms with van der Waals surface area (Å²) in [5, 5.41) is 9.90. The van der Waals surface area contributed by atoms with Crippen molar-refractivity contribution in [3.8, 4) is 0 Å². The molecule has 0 radical (unpaired) electrons. The Balaban J connectivity index is 1.63. The van der Waals surface area contributed by atoms with Crippen LogP contribution in [0.25, 0.3) is 0 Å². The van der Waals surface area contributed by atoms with Gasteiger partial charge in [-0.15, -0.1) is 0 Å². The molecule has 0 unspecified atom stereocenters. The van der Waals surface area contributed by atoms with Crippen LogP contribution in [0, 0.1) is 6.92 Å². The fraction of sp³-hybridized carbons (Fsp3) is 0.375. The molecule has 1 aliphatic rings. The van der Waals surface area contributed by atoms with E-state index in [1.165, 1.54) is 0 Å². The van der Waals surface area contributed by atoms with Gasteiger partial charge in [0.15, 0.2) is 0 Å². The first-order chi connectivity index (χ1) is 14.9. The van der Waals surface area contributed by atoms with Crippen molar-refractivity contribution in [1.82, 2.24) is 15.5 Å². The van der Waals surface area contributed by atoms with E-state index >= 15 is 0 Å². The number of carbonyl (C=O) groups is 2. The molecule has 164 valence electrons. The number of nitrogens with one attached hydrogen (secondary N) is 2. The minimum Gasteiger partial charge on any atom is -0.382 e. The molecule has 31 heavy (non-hydrogen) atoms. The van der Waals surface area contributed by atoms with E-state index in [2.05, 4.69) is 15.8 Å². The van der Waals surface area contributed by atoms with E-state index in [1.807, 2.05) is 80.5 Å². The quantitative estimate of drug-likeness (QED) is 0.647. The molecule has 2 aromatic carbocycles. The SMILES string of the molecule is Cc1ccccc1C1=NO[C@H](C(=O)N[C@@H](Cc2ccccc2)C(=O)NCCN(C)C)C1. The number of likely N-dealkylation sites (N-methyl/N-ethyl adjacent to an activating group) is 1. The number of hydrogen-bond donors (Lipinski definition) is 2. The van der Waals surface area contributed by atoms with Gasteiger partial charge in [0.1, 0.15) is 6.04 Å². The third-order valence-corrected chi connectivity index (χ3v) is 5.19. The Morgan fingerprint density at radius 2 is 1.84 bits per heavy atom. The molecule has 2 amide bonds. The maximum atomic E-state index is 12.9. The van der Waals surface area contributed by atoms with Gasteiger partial charge in [-0.1, -0.05) is 59.8 Å². The monoisotopic (exact) mass is 422 g/mol. The van der Waals surface area contributed by atoms with Crippen LogP contribution in [0.15, 0.2) is 59.8 Å². The molecule has 0 saturated carbocycles. The molecule has 3 rings (SSSR count). The van der Waals surface area contributed by atoms with Crippen molar-refractivity contribution in [1.29, 1.82) is 0 Å². The Bertz CT molecular complexity index is 927. The molecule has 7 nitrogen and oxygen atoms in total. The Morgan fingerprint density at radius 1 is 1.13 bits per heavy atom. The first-order valence-electron chi connectivity index (χ1n) is 10.5. The van der Waals surface area contributed by atoms with E-state index in [4.69, 9.17) is 4.84 Å². The average molecular weight is 423 g/mol. The van der Waals surface area contributed by atoms with Crippen molar-refractivity contribution in [2.45, 2.75) is 31.9 Å². The number of nitrogens with zero attached hydrogens (tertiary/aromatic N) is 2. The summed E-state index contributed by atoms with van der Waals surface area (Å²) in [5.41, 5.74) is 3.77. The van der Waals surface area contributed by atoms with Gasteiger partial charge in [-0.2, -0.15) is 0 Å². The summed E-state index contributed by atoms with van der Waals surface area (Å²) in [6.45, 7) is 3.23. The number of hydrogen-bond acceptors (Lipinski definition) is 5. The van der Waals surface area contributed by atoms with Crippen LogP contribution in [-0.4, -0.2) is 61.8 Å². The van der Waals surface area contributed by atoms with Gasteiger partial charge in [0.25, 0.3) is 5.91 Å². The second-order valence-electron chi connectivity index (χ2n) is 8.00. The van der Waals surface area contributed by atoms with Crippen LogP contribution in [0.3, 0.4) is 0 Å². The summed E-state index contributed by atoms with van der Waals surface area (Å²) in [6, 6.07) is 16.8. The van der Waals surface area contributed by atoms with E-state index < -0.39 is 12.1 Å². The Kier molecular flexibility index (Phi) is 7.78. The molecular weight excluding hydrogens is 392 g/mol.